The molecule has 0 unspecified atom stereocenters. The summed E-state index contributed by atoms with van der Waals surface area (Å²) < 4.78 is 28.7. The molecule has 2 aromatic heterocycles. The van der Waals surface area contributed by atoms with E-state index < -0.39 is 10.0 Å². The highest BCUT2D eigenvalue weighted by Gasteiger charge is 2.31. The van der Waals surface area contributed by atoms with Gasteiger partial charge in [-0.2, -0.15) is 4.31 Å². The van der Waals surface area contributed by atoms with Crippen LogP contribution in [0.3, 0.4) is 0 Å². The van der Waals surface area contributed by atoms with Gasteiger partial charge in [0.25, 0.3) is 5.91 Å². The van der Waals surface area contributed by atoms with Crippen LogP contribution in [0.4, 0.5) is 0 Å². The number of benzene rings is 1. The summed E-state index contributed by atoms with van der Waals surface area (Å²) in [4.78, 5) is 19.1. The van der Waals surface area contributed by atoms with Gasteiger partial charge in [0.15, 0.2) is 0 Å². The summed E-state index contributed by atoms with van der Waals surface area (Å²) in [5.41, 5.74) is 2.10. The minimum Gasteiger partial charge on any atom is -0.335 e. The van der Waals surface area contributed by atoms with Gasteiger partial charge in [-0.3, -0.25) is 4.79 Å². The lowest BCUT2D eigenvalue weighted by molar-refractivity contribution is 0.0692. The Hall–Kier alpha value is -2.71. The number of carbonyl (C=O) groups is 1. The molecular formula is C19H20N4O3S. The Morgan fingerprint density at radius 3 is 2.33 bits per heavy atom. The van der Waals surface area contributed by atoms with Crippen molar-refractivity contribution in [2.45, 2.75) is 11.8 Å². The highest BCUT2D eigenvalue weighted by molar-refractivity contribution is 7.89. The maximum absolute atomic E-state index is 12.8. The first-order valence-electron chi connectivity index (χ1n) is 8.76. The van der Waals surface area contributed by atoms with Crippen molar-refractivity contribution >= 4 is 21.6 Å². The number of aromatic nitrogens is 2. The van der Waals surface area contributed by atoms with E-state index in [-0.39, 0.29) is 23.9 Å². The zero-order valence-electron chi connectivity index (χ0n) is 14.9. The lowest BCUT2D eigenvalue weighted by Gasteiger charge is -2.33. The Bertz CT molecular complexity index is 1080. The summed E-state index contributed by atoms with van der Waals surface area (Å²) >= 11 is 0. The van der Waals surface area contributed by atoms with Crippen molar-refractivity contribution < 1.29 is 13.2 Å². The molecule has 1 aliphatic heterocycles. The quantitative estimate of drug-likeness (QED) is 0.690. The fourth-order valence-electron chi connectivity index (χ4n) is 3.29. The predicted octanol–water partition coefficient (Wildman–Crippen LogP) is 1.79. The number of hydrogen-bond donors (Lipinski definition) is 0. The van der Waals surface area contributed by atoms with E-state index in [9.17, 15) is 13.2 Å². The first-order valence-corrected chi connectivity index (χ1v) is 10.2. The molecule has 3 heterocycles. The smallest absolute Gasteiger partial charge is 0.274 e. The minimum atomic E-state index is -3.53. The van der Waals surface area contributed by atoms with Crippen LogP contribution in [0.1, 0.15) is 16.2 Å². The molecule has 1 saturated heterocycles. The summed E-state index contributed by atoms with van der Waals surface area (Å²) in [6, 6.07) is 14.1. The molecule has 0 spiro atoms. The second-order valence-corrected chi connectivity index (χ2v) is 8.47. The van der Waals surface area contributed by atoms with Crippen LogP contribution in [0.25, 0.3) is 5.65 Å². The van der Waals surface area contributed by atoms with Gasteiger partial charge in [0.05, 0.1) is 4.90 Å². The fourth-order valence-corrected chi connectivity index (χ4v) is 4.73. The van der Waals surface area contributed by atoms with Gasteiger partial charge < -0.3 is 9.30 Å². The van der Waals surface area contributed by atoms with Crippen LogP contribution >= 0.6 is 0 Å². The van der Waals surface area contributed by atoms with Gasteiger partial charge in [0.1, 0.15) is 11.3 Å². The van der Waals surface area contributed by atoms with Gasteiger partial charge in [-0.1, -0.05) is 24.3 Å². The molecule has 4 rings (SSSR count). The minimum absolute atomic E-state index is 0.171. The topological polar surface area (TPSA) is 75.0 Å². The van der Waals surface area contributed by atoms with Crippen LogP contribution in [0, 0.1) is 6.92 Å². The van der Waals surface area contributed by atoms with E-state index in [1.165, 1.54) is 4.31 Å². The van der Waals surface area contributed by atoms with Crippen LogP contribution in [0.2, 0.25) is 0 Å². The Kier molecular flexibility index (Phi) is 4.45. The number of carbonyl (C=O) groups excluding carboxylic acids is 1. The van der Waals surface area contributed by atoms with Crippen molar-refractivity contribution in [2.75, 3.05) is 26.2 Å². The summed E-state index contributed by atoms with van der Waals surface area (Å²) in [5, 5.41) is 0. The van der Waals surface area contributed by atoms with Gasteiger partial charge >= 0.3 is 0 Å². The Balaban J connectivity index is 1.48. The number of aryl methyl sites for hydroxylation is 1. The molecule has 0 bridgehead atoms. The second-order valence-electron chi connectivity index (χ2n) is 6.53. The summed E-state index contributed by atoms with van der Waals surface area (Å²) in [7, 11) is -3.53. The van der Waals surface area contributed by atoms with Gasteiger partial charge in [-0.15, -0.1) is 0 Å². The first-order chi connectivity index (χ1) is 13.0. The SMILES string of the molecule is Cc1cccc2nc(C(=O)N3CCN(S(=O)(=O)c4ccccc4)CC3)cn12. The molecule has 0 saturated carbocycles. The molecular weight excluding hydrogens is 364 g/mol. The predicted molar refractivity (Wildman–Crippen MR) is 101 cm³/mol. The van der Waals surface area contributed by atoms with Crippen molar-refractivity contribution in [1.29, 1.82) is 0 Å². The molecule has 0 radical (unpaired) electrons. The third-order valence-electron chi connectivity index (χ3n) is 4.82. The van der Waals surface area contributed by atoms with Crippen LogP contribution < -0.4 is 0 Å². The number of hydrogen-bond acceptors (Lipinski definition) is 4. The zero-order chi connectivity index (χ0) is 19.0. The van der Waals surface area contributed by atoms with Gasteiger partial charge in [0.2, 0.25) is 10.0 Å². The first kappa shape index (κ1) is 17.7. The number of piperazine rings is 1. The maximum atomic E-state index is 12.8. The molecule has 8 heteroatoms. The lowest BCUT2D eigenvalue weighted by Crippen LogP contribution is -2.50. The monoisotopic (exact) mass is 384 g/mol. The van der Waals surface area contributed by atoms with Crippen molar-refractivity contribution in [1.82, 2.24) is 18.6 Å². The molecule has 0 N–H and O–H groups in total. The third kappa shape index (κ3) is 3.22. The molecule has 1 fully saturated rings. The average Bonchev–Trinajstić information content (AvgIpc) is 3.14. The molecule has 1 amide bonds. The molecule has 0 aliphatic carbocycles. The normalized spacial score (nSPS) is 16.0. The number of amides is 1. The molecule has 1 aliphatic rings. The number of rotatable bonds is 3. The fraction of sp³-hybridized carbons (Fsp3) is 0.263. The number of fused-ring (bicyclic) bond motifs is 1. The van der Waals surface area contributed by atoms with E-state index in [4.69, 9.17) is 0 Å². The molecule has 3 aromatic rings. The number of sulfonamides is 1. The maximum Gasteiger partial charge on any atom is 0.274 e. The van der Waals surface area contributed by atoms with Crippen LogP contribution in [0.5, 0.6) is 0 Å². The van der Waals surface area contributed by atoms with E-state index in [0.29, 0.717) is 18.8 Å². The van der Waals surface area contributed by atoms with Gasteiger partial charge in [-0.05, 0) is 31.2 Å². The standard InChI is InChI=1S/C19H20N4O3S/c1-15-6-5-9-18-20-17(14-23(15)18)19(24)21-10-12-22(13-11-21)27(25,26)16-7-3-2-4-8-16/h2-9,14H,10-13H2,1H3. The number of imidazole rings is 1. The second kappa shape index (κ2) is 6.79. The summed E-state index contributed by atoms with van der Waals surface area (Å²) in [6.45, 7) is 3.19. The molecule has 140 valence electrons. The lowest BCUT2D eigenvalue weighted by atomic mass is 10.3. The summed E-state index contributed by atoms with van der Waals surface area (Å²) in [6.07, 6.45) is 1.74. The molecule has 27 heavy (non-hydrogen) atoms. The van der Waals surface area contributed by atoms with E-state index in [2.05, 4.69) is 4.98 Å². The third-order valence-corrected chi connectivity index (χ3v) is 6.73. The van der Waals surface area contributed by atoms with E-state index in [1.807, 2.05) is 29.5 Å². The highest BCUT2D eigenvalue weighted by atomic mass is 32.2. The molecule has 7 nitrogen and oxygen atoms in total. The Morgan fingerprint density at radius 1 is 0.963 bits per heavy atom. The van der Waals surface area contributed by atoms with Crippen molar-refractivity contribution in [3.8, 4) is 0 Å². The van der Waals surface area contributed by atoms with Crippen molar-refractivity contribution in [3.63, 3.8) is 0 Å². The average molecular weight is 384 g/mol. The zero-order valence-corrected chi connectivity index (χ0v) is 15.8. The van der Waals surface area contributed by atoms with E-state index >= 15 is 0 Å². The van der Waals surface area contributed by atoms with E-state index in [0.717, 1.165) is 11.3 Å². The highest BCUT2D eigenvalue weighted by Crippen LogP contribution is 2.18. The van der Waals surface area contributed by atoms with Crippen molar-refractivity contribution in [3.05, 3.63) is 66.1 Å². The van der Waals surface area contributed by atoms with Crippen LogP contribution in [-0.4, -0.2) is 59.1 Å². The largest absolute Gasteiger partial charge is 0.335 e. The van der Waals surface area contributed by atoms with Crippen LogP contribution in [-0.2, 0) is 10.0 Å². The molecule has 0 atom stereocenters. The van der Waals surface area contributed by atoms with Crippen molar-refractivity contribution in [2.24, 2.45) is 0 Å². The van der Waals surface area contributed by atoms with Gasteiger partial charge in [0, 0.05) is 38.1 Å². The summed E-state index contributed by atoms with van der Waals surface area (Å²) in [5.74, 6) is -0.171. The van der Waals surface area contributed by atoms with E-state index in [1.54, 1.807) is 41.4 Å². The van der Waals surface area contributed by atoms with Crippen LogP contribution in [0.15, 0.2) is 59.6 Å². The number of nitrogens with zero attached hydrogens (tertiary/aromatic N) is 4. The Labute approximate surface area is 157 Å². The Morgan fingerprint density at radius 2 is 1.67 bits per heavy atom. The molecule has 1 aromatic carbocycles. The number of pyridine rings is 1. The van der Waals surface area contributed by atoms with Gasteiger partial charge in [-0.25, -0.2) is 13.4 Å².